The highest BCUT2D eigenvalue weighted by Gasteiger charge is 2.26. The first-order valence-electron chi connectivity index (χ1n) is 8.82. The minimum Gasteiger partial charge on any atom is -0.348 e. The molecule has 136 valence electrons. The molecule has 0 aliphatic carbocycles. The van der Waals surface area contributed by atoms with Gasteiger partial charge in [0.15, 0.2) is 0 Å². The summed E-state index contributed by atoms with van der Waals surface area (Å²) in [7, 11) is 0. The predicted octanol–water partition coefficient (Wildman–Crippen LogP) is 3.14. The van der Waals surface area contributed by atoms with E-state index in [2.05, 4.69) is 35.4 Å². The standard InChI is InChI=1S/C17H22N8S/c1-11-20-13(9-15(21-11)22-17-24-23-12(2)26-17)14-5-3-4-8-25(14)10-16-18-6-7-19-16/h6-7,9,14H,3-5,8,10H2,1-2H3,(H,18,19)(H,20,21,22,24)/t14-/m0/s1. The van der Waals surface area contributed by atoms with Gasteiger partial charge in [0.2, 0.25) is 5.13 Å². The molecule has 1 atom stereocenters. The van der Waals surface area contributed by atoms with Crippen LogP contribution in [0.3, 0.4) is 0 Å². The van der Waals surface area contributed by atoms with Crippen LogP contribution in [0.2, 0.25) is 0 Å². The summed E-state index contributed by atoms with van der Waals surface area (Å²) in [5, 5.41) is 13.1. The van der Waals surface area contributed by atoms with Crippen molar-refractivity contribution in [1.82, 2.24) is 35.0 Å². The summed E-state index contributed by atoms with van der Waals surface area (Å²) >= 11 is 1.52. The van der Waals surface area contributed by atoms with Gasteiger partial charge in [-0.05, 0) is 33.2 Å². The van der Waals surface area contributed by atoms with E-state index in [0.29, 0.717) is 0 Å². The zero-order valence-corrected chi connectivity index (χ0v) is 15.8. The van der Waals surface area contributed by atoms with Crippen molar-refractivity contribution in [2.24, 2.45) is 0 Å². The average molecular weight is 370 g/mol. The van der Waals surface area contributed by atoms with Crippen LogP contribution >= 0.6 is 11.3 Å². The maximum Gasteiger partial charge on any atom is 0.211 e. The van der Waals surface area contributed by atoms with E-state index in [0.717, 1.165) is 52.8 Å². The van der Waals surface area contributed by atoms with Gasteiger partial charge in [0, 0.05) is 18.5 Å². The smallest absolute Gasteiger partial charge is 0.211 e. The first-order valence-corrected chi connectivity index (χ1v) is 9.64. The third-order valence-corrected chi connectivity index (χ3v) is 5.24. The van der Waals surface area contributed by atoms with Gasteiger partial charge in [-0.1, -0.05) is 17.8 Å². The molecule has 2 N–H and O–H groups in total. The Balaban J connectivity index is 1.58. The molecule has 26 heavy (non-hydrogen) atoms. The number of nitrogens with zero attached hydrogens (tertiary/aromatic N) is 6. The fourth-order valence-corrected chi connectivity index (χ4v) is 3.97. The highest BCUT2D eigenvalue weighted by atomic mass is 32.1. The van der Waals surface area contributed by atoms with Gasteiger partial charge in [-0.25, -0.2) is 15.0 Å². The van der Waals surface area contributed by atoms with E-state index in [-0.39, 0.29) is 6.04 Å². The number of nitrogens with one attached hydrogen (secondary N) is 2. The van der Waals surface area contributed by atoms with Gasteiger partial charge in [0.1, 0.15) is 22.5 Å². The van der Waals surface area contributed by atoms with Crippen LogP contribution in [0, 0.1) is 13.8 Å². The Morgan fingerprint density at radius 2 is 2.19 bits per heavy atom. The van der Waals surface area contributed by atoms with Gasteiger partial charge >= 0.3 is 0 Å². The van der Waals surface area contributed by atoms with Crippen LogP contribution in [0.1, 0.15) is 47.7 Å². The fraction of sp³-hybridized carbons (Fsp3) is 0.471. The summed E-state index contributed by atoms with van der Waals surface area (Å²) in [4.78, 5) is 19.3. The monoisotopic (exact) mass is 370 g/mol. The predicted molar refractivity (Wildman–Crippen MR) is 100 cm³/mol. The van der Waals surface area contributed by atoms with Gasteiger partial charge in [-0.3, -0.25) is 4.90 Å². The van der Waals surface area contributed by atoms with E-state index in [1.54, 1.807) is 6.20 Å². The van der Waals surface area contributed by atoms with Crippen molar-refractivity contribution < 1.29 is 0 Å². The molecule has 8 nitrogen and oxygen atoms in total. The van der Waals surface area contributed by atoms with Gasteiger partial charge < -0.3 is 10.3 Å². The lowest BCUT2D eigenvalue weighted by Gasteiger charge is -2.34. The Kier molecular flexibility index (Phi) is 4.89. The molecular weight excluding hydrogens is 348 g/mol. The third-order valence-electron chi connectivity index (χ3n) is 4.48. The lowest BCUT2D eigenvalue weighted by molar-refractivity contribution is 0.134. The zero-order chi connectivity index (χ0) is 17.9. The molecule has 3 aromatic rings. The second-order valence-corrected chi connectivity index (χ2v) is 7.68. The Hall–Kier alpha value is -2.39. The Morgan fingerprint density at radius 1 is 1.27 bits per heavy atom. The lowest BCUT2D eigenvalue weighted by atomic mass is 9.99. The van der Waals surface area contributed by atoms with Crippen molar-refractivity contribution in [3.63, 3.8) is 0 Å². The Morgan fingerprint density at radius 3 is 2.96 bits per heavy atom. The van der Waals surface area contributed by atoms with Gasteiger partial charge in [-0.15, -0.1) is 10.2 Å². The number of aromatic amines is 1. The van der Waals surface area contributed by atoms with Crippen LogP contribution in [-0.2, 0) is 6.54 Å². The summed E-state index contributed by atoms with van der Waals surface area (Å²) in [5.41, 5.74) is 1.05. The van der Waals surface area contributed by atoms with Gasteiger partial charge in [-0.2, -0.15) is 0 Å². The number of H-pyrrole nitrogens is 1. The molecule has 9 heteroatoms. The highest BCUT2D eigenvalue weighted by Crippen LogP contribution is 2.32. The maximum atomic E-state index is 4.73. The second-order valence-electron chi connectivity index (χ2n) is 6.49. The van der Waals surface area contributed by atoms with Crippen molar-refractivity contribution in [3.8, 4) is 0 Å². The summed E-state index contributed by atoms with van der Waals surface area (Å²) in [5.74, 6) is 2.52. The maximum absolute atomic E-state index is 4.73. The van der Waals surface area contributed by atoms with Crippen molar-refractivity contribution in [2.75, 3.05) is 11.9 Å². The zero-order valence-electron chi connectivity index (χ0n) is 14.9. The number of anilines is 2. The van der Waals surface area contributed by atoms with Crippen LogP contribution in [0.4, 0.5) is 10.9 Å². The van der Waals surface area contributed by atoms with Crippen LogP contribution in [0.5, 0.6) is 0 Å². The quantitative estimate of drug-likeness (QED) is 0.712. The van der Waals surface area contributed by atoms with Crippen molar-refractivity contribution in [2.45, 2.75) is 45.7 Å². The number of piperidine rings is 1. The highest BCUT2D eigenvalue weighted by molar-refractivity contribution is 7.15. The first-order chi connectivity index (χ1) is 12.7. The van der Waals surface area contributed by atoms with Crippen molar-refractivity contribution >= 4 is 22.3 Å². The molecule has 1 saturated heterocycles. The summed E-state index contributed by atoms with van der Waals surface area (Å²) in [6.07, 6.45) is 7.18. The van der Waals surface area contributed by atoms with Crippen LogP contribution < -0.4 is 5.32 Å². The van der Waals surface area contributed by atoms with Crippen LogP contribution in [0.25, 0.3) is 0 Å². The Bertz CT molecular complexity index is 860. The molecule has 0 aromatic carbocycles. The molecule has 0 bridgehead atoms. The molecule has 0 unspecified atom stereocenters. The molecule has 0 saturated carbocycles. The van der Waals surface area contributed by atoms with Crippen molar-refractivity contribution in [1.29, 1.82) is 0 Å². The minimum absolute atomic E-state index is 0.271. The number of hydrogen-bond acceptors (Lipinski definition) is 8. The van der Waals surface area contributed by atoms with E-state index < -0.39 is 0 Å². The fourth-order valence-electron chi connectivity index (χ4n) is 3.37. The topological polar surface area (TPSA) is 95.5 Å². The summed E-state index contributed by atoms with van der Waals surface area (Å²) in [6, 6.07) is 2.31. The minimum atomic E-state index is 0.271. The molecule has 1 aliphatic heterocycles. The number of aryl methyl sites for hydroxylation is 2. The SMILES string of the molecule is Cc1nc(Nc2nnc(C)s2)cc([C@@H]2CCCCN2Cc2ncc[nH]2)n1. The van der Waals surface area contributed by atoms with E-state index in [9.17, 15) is 0 Å². The van der Waals surface area contributed by atoms with E-state index in [1.807, 2.05) is 26.1 Å². The Labute approximate surface area is 156 Å². The molecule has 0 amide bonds. The molecule has 3 aromatic heterocycles. The average Bonchev–Trinajstić information content (AvgIpc) is 3.27. The number of imidazole rings is 1. The van der Waals surface area contributed by atoms with Crippen LogP contribution in [-0.4, -0.2) is 41.6 Å². The van der Waals surface area contributed by atoms with Gasteiger partial charge in [0.25, 0.3) is 0 Å². The number of hydrogen-bond donors (Lipinski definition) is 2. The number of aromatic nitrogens is 6. The molecule has 4 rings (SSSR count). The van der Waals surface area contributed by atoms with E-state index >= 15 is 0 Å². The van der Waals surface area contributed by atoms with E-state index in [4.69, 9.17) is 4.98 Å². The molecule has 0 radical (unpaired) electrons. The first kappa shape index (κ1) is 17.0. The lowest BCUT2D eigenvalue weighted by Crippen LogP contribution is -2.34. The normalized spacial score (nSPS) is 18.2. The molecule has 0 spiro atoms. The number of likely N-dealkylation sites (tertiary alicyclic amines) is 1. The van der Waals surface area contributed by atoms with E-state index in [1.165, 1.54) is 24.2 Å². The molecule has 1 aliphatic rings. The van der Waals surface area contributed by atoms with Crippen LogP contribution in [0.15, 0.2) is 18.5 Å². The summed E-state index contributed by atoms with van der Waals surface area (Å²) < 4.78 is 0. The molecule has 1 fully saturated rings. The third kappa shape index (κ3) is 3.88. The summed E-state index contributed by atoms with van der Waals surface area (Å²) in [6.45, 7) is 5.72. The number of rotatable bonds is 5. The second kappa shape index (κ2) is 7.46. The largest absolute Gasteiger partial charge is 0.348 e. The van der Waals surface area contributed by atoms with Crippen molar-refractivity contribution in [3.05, 3.63) is 40.8 Å². The van der Waals surface area contributed by atoms with Gasteiger partial charge in [0.05, 0.1) is 18.3 Å². The molecule has 4 heterocycles. The molecular formula is C17H22N8S.